The summed E-state index contributed by atoms with van der Waals surface area (Å²) in [5, 5.41) is 3.79. The van der Waals surface area contributed by atoms with Gasteiger partial charge >= 0.3 is 0 Å². The summed E-state index contributed by atoms with van der Waals surface area (Å²) in [6, 6.07) is 11.5. The summed E-state index contributed by atoms with van der Waals surface area (Å²) in [5.74, 6) is 0.536. The number of benzene rings is 1. The van der Waals surface area contributed by atoms with Crippen molar-refractivity contribution in [3.8, 4) is 5.88 Å². The minimum atomic E-state index is 0.0847. The fourth-order valence-electron chi connectivity index (χ4n) is 1.49. The molecule has 0 radical (unpaired) electrons. The number of aromatic nitrogens is 1. The van der Waals surface area contributed by atoms with Gasteiger partial charge in [-0.25, -0.2) is 4.98 Å². The van der Waals surface area contributed by atoms with Gasteiger partial charge in [0.25, 0.3) is 0 Å². The first-order valence-electron chi connectivity index (χ1n) is 5.79. The molecule has 0 unspecified atom stereocenters. The van der Waals surface area contributed by atoms with Gasteiger partial charge in [-0.2, -0.15) is 0 Å². The first-order valence-corrected chi connectivity index (χ1v) is 6.17. The number of para-hydroxylation sites is 1. The van der Waals surface area contributed by atoms with E-state index in [1.54, 1.807) is 12.3 Å². The largest absolute Gasteiger partial charge is 0.475 e. The van der Waals surface area contributed by atoms with Gasteiger partial charge in [-0.15, -0.1) is 0 Å². The third kappa shape index (κ3) is 3.37. The second-order valence-corrected chi connectivity index (χ2v) is 4.57. The summed E-state index contributed by atoms with van der Waals surface area (Å²) < 4.78 is 5.48. The van der Waals surface area contributed by atoms with Crippen molar-refractivity contribution >= 4 is 23.0 Å². The lowest BCUT2D eigenvalue weighted by Crippen LogP contribution is -2.07. The molecule has 1 aromatic carbocycles. The second-order valence-electron chi connectivity index (χ2n) is 4.16. The van der Waals surface area contributed by atoms with Crippen molar-refractivity contribution in [2.24, 2.45) is 0 Å². The van der Waals surface area contributed by atoms with Crippen LogP contribution in [0.2, 0.25) is 5.02 Å². The van der Waals surface area contributed by atoms with E-state index >= 15 is 0 Å². The van der Waals surface area contributed by atoms with Crippen LogP contribution >= 0.6 is 11.6 Å². The lowest BCUT2D eigenvalue weighted by Gasteiger charge is -2.11. The number of anilines is 2. The van der Waals surface area contributed by atoms with Crippen molar-refractivity contribution < 1.29 is 4.74 Å². The highest BCUT2D eigenvalue weighted by molar-refractivity contribution is 6.33. The molecule has 4 heteroatoms. The first kappa shape index (κ1) is 12.7. The van der Waals surface area contributed by atoms with Gasteiger partial charge < -0.3 is 10.1 Å². The zero-order valence-electron chi connectivity index (χ0n) is 10.4. The molecule has 2 rings (SSSR count). The number of nitrogens with zero attached hydrogens (tertiary/aromatic N) is 1. The molecular formula is C14H15ClN2O. The van der Waals surface area contributed by atoms with Gasteiger partial charge in [-0.3, -0.25) is 0 Å². The molecule has 0 spiro atoms. The van der Waals surface area contributed by atoms with Crippen molar-refractivity contribution in [3.63, 3.8) is 0 Å². The van der Waals surface area contributed by atoms with E-state index in [0.29, 0.717) is 10.9 Å². The molecule has 3 nitrogen and oxygen atoms in total. The van der Waals surface area contributed by atoms with Crippen LogP contribution in [0.15, 0.2) is 42.6 Å². The number of nitrogens with one attached hydrogen (secondary N) is 1. The van der Waals surface area contributed by atoms with Crippen LogP contribution in [0.1, 0.15) is 13.8 Å². The van der Waals surface area contributed by atoms with E-state index in [2.05, 4.69) is 10.3 Å². The molecule has 94 valence electrons. The highest BCUT2D eigenvalue weighted by atomic mass is 35.5. The van der Waals surface area contributed by atoms with E-state index in [4.69, 9.17) is 16.3 Å². The van der Waals surface area contributed by atoms with Crippen LogP contribution in [-0.4, -0.2) is 11.1 Å². The Bertz CT molecular complexity index is 514. The molecule has 0 fully saturated rings. The predicted molar refractivity (Wildman–Crippen MR) is 74.7 cm³/mol. The molecule has 0 bridgehead atoms. The van der Waals surface area contributed by atoms with Crippen LogP contribution in [0.25, 0.3) is 0 Å². The molecule has 1 N–H and O–H groups in total. The van der Waals surface area contributed by atoms with Crippen LogP contribution in [0, 0.1) is 0 Å². The molecule has 0 saturated carbocycles. The van der Waals surface area contributed by atoms with E-state index in [9.17, 15) is 0 Å². The minimum absolute atomic E-state index is 0.0847. The topological polar surface area (TPSA) is 34.1 Å². The number of ether oxygens (including phenoxy) is 1. The Balaban J connectivity index is 2.15. The number of pyridine rings is 1. The summed E-state index contributed by atoms with van der Waals surface area (Å²) >= 11 is 6.18. The van der Waals surface area contributed by atoms with Crippen LogP contribution < -0.4 is 10.1 Å². The predicted octanol–water partition coefficient (Wildman–Crippen LogP) is 4.27. The van der Waals surface area contributed by atoms with Crippen LogP contribution in [0.4, 0.5) is 11.4 Å². The molecule has 1 aromatic heterocycles. The van der Waals surface area contributed by atoms with E-state index in [-0.39, 0.29) is 6.10 Å². The normalized spacial score (nSPS) is 10.4. The molecular weight excluding hydrogens is 248 g/mol. The maximum atomic E-state index is 6.18. The fraction of sp³-hybridized carbons (Fsp3) is 0.214. The standard InChI is InChI=1S/C14H15ClN2O/c1-10(2)18-14-8-12(15)13(9-16-14)17-11-6-4-3-5-7-11/h3-10,17H,1-2H3. The maximum Gasteiger partial charge on any atom is 0.215 e. The Kier molecular flexibility index (Phi) is 4.05. The van der Waals surface area contributed by atoms with Gasteiger partial charge in [-0.05, 0) is 26.0 Å². The Morgan fingerprint density at radius 3 is 2.56 bits per heavy atom. The number of rotatable bonds is 4. The average Bonchev–Trinajstić information content (AvgIpc) is 2.33. The van der Waals surface area contributed by atoms with Crippen LogP contribution in [0.3, 0.4) is 0 Å². The number of hydrogen-bond acceptors (Lipinski definition) is 3. The third-order valence-electron chi connectivity index (χ3n) is 2.24. The molecule has 2 aromatic rings. The lowest BCUT2D eigenvalue weighted by molar-refractivity contribution is 0.233. The molecule has 0 amide bonds. The summed E-state index contributed by atoms with van der Waals surface area (Å²) in [4.78, 5) is 4.21. The van der Waals surface area contributed by atoms with Crippen molar-refractivity contribution in [2.75, 3.05) is 5.32 Å². The molecule has 0 aliphatic heterocycles. The van der Waals surface area contributed by atoms with Crippen molar-refractivity contribution in [3.05, 3.63) is 47.6 Å². The van der Waals surface area contributed by atoms with Crippen LogP contribution in [-0.2, 0) is 0 Å². The molecule has 0 aliphatic rings. The van der Waals surface area contributed by atoms with E-state index in [1.165, 1.54) is 0 Å². The number of halogens is 1. The first-order chi connectivity index (χ1) is 8.65. The molecule has 0 atom stereocenters. The Hall–Kier alpha value is -1.74. The van der Waals surface area contributed by atoms with Gasteiger partial charge in [0.05, 0.1) is 23.0 Å². The summed E-state index contributed by atoms with van der Waals surface area (Å²) in [5.41, 5.74) is 1.73. The zero-order valence-corrected chi connectivity index (χ0v) is 11.1. The van der Waals surface area contributed by atoms with Crippen molar-refractivity contribution in [1.29, 1.82) is 0 Å². The highest BCUT2D eigenvalue weighted by Crippen LogP contribution is 2.27. The highest BCUT2D eigenvalue weighted by Gasteiger charge is 2.05. The minimum Gasteiger partial charge on any atom is -0.475 e. The van der Waals surface area contributed by atoms with Gasteiger partial charge in [-0.1, -0.05) is 29.8 Å². The monoisotopic (exact) mass is 262 g/mol. The Labute approximate surface area is 112 Å². The fourth-order valence-corrected chi connectivity index (χ4v) is 1.68. The average molecular weight is 263 g/mol. The molecule has 0 saturated heterocycles. The van der Waals surface area contributed by atoms with Gasteiger partial charge in [0.2, 0.25) is 5.88 Å². The van der Waals surface area contributed by atoms with Crippen molar-refractivity contribution in [1.82, 2.24) is 4.98 Å². The second kappa shape index (κ2) is 5.74. The molecule has 18 heavy (non-hydrogen) atoms. The third-order valence-corrected chi connectivity index (χ3v) is 2.55. The van der Waals surface area contributed by atoms with E-state index in [1.807, 2.05) is 44.2 Å². The number of hydrogen-bond donors (Lipinski definition) is 1. The van der Waals surface area contributed by atoms with Crippen LogP contribution in [0.5, 0.6) is 5.88 Å². The molecule has 0 aliphatic carbocycles. The SMILES string of the molecule is CC(C)Oc1cc(Cl)c(Nc2ccccc2)cn1. The molecule has 1 heterocycles. The summed E-state index contributed by atoms with van der Waals surface area (Å²) in [6.45, 7) is 3.90. The van der Waals surface area contributed by atoms with Crippen molar-refractivity contribution in [2.45, 2.75) is 20.0 Å². The summed E-state index contributed by atoms with van der Waals surface area (Å²) in [6.07, 6.45) is 1.76. The quantitative estimate of drug-likeness (QED) is 0.894. The zero-order chi connectivity index (χ0) is 13.0. The van der Waals surface area contributed by atoms with Gasteiger partial charge in [0.15, 0.2) is 0 Å². The van der Waals surface area contributed by atoms with Gasteiger partial charge in [0.1, 0.15) is 0 Å². The lowest BCUT2D eigenvalue weighted by atomic mass is 10.3. The Morgan fingerprint density at radius 1 is 1.22 bits per heavy atom. The smallest absolute Gasteiger partial charge is 0.215 e. The maximum absolute atomic E-state index is 6.18. The summed E-state index contributed by atoms with van der Waals surface area (Å²) in [7, 11) is 0. The van der Waals surface area contributed by atoms with Gasteiger partial charge in [0, 0.05) is 11.8 Å². The van der Waals surface area contributed by atoms with E-state index < -0.39 is 0 Å². The van der Waals surface area contributed by atoms with E-state index in [0.717, 1.165) is 11.4 Å². The Morgan fingerprint density at radius 2 is 1.94 bits per heavy atom.